The summed E-state index contributed by atoms with van der Waals surface area (Å²) in [5.74, 6) is -1.46. The van der Waals surface area contributed by atoms with Gasteiger partial charge in [-0.25, -0.2) is 0 Å². The molecule has 7 heteroatoms. The van der Waals surface area contributed by atoms with Crippen LogP contribution >= 0.6 is 15.9 Å². The van der Waals surface area contributed by atoms with E-state index in [0.717, 1.165) is 15.4 Å². The number of halogens is 1. The standard InChI is InChI=1S/C11H10BrN3O3/c12-8-2-1-7-4-14-15(9(7)3-8)6-10(16)13-5-11(17)18/h1-4H,5-6H2,(H,13,16)(H,17,18). The van der Waals surface area contributed by atoms with E-state index >= 15 is 0 Å². The molecule has 0 saturated heterocycles. The number of hydrogen-bond acceptors (Lipinski definition) is 3. The van der Waals surface area contributed by atoms with E-state index in [4.69, 9.17) is 5.11 Å². The van der Waals surface area contributed by atoms with Crippen molar-refractivity contribution in [2.45, 2.75) is 6.54 Å². The van der Waals surface area contributed by atoms with Crippen molar-refractivity contribution in [3.05, 3.63) is 28.9 Å². The first kappa shape index (κ1) is 12.6. The normalized spacial score (nSPS) is 10.5. The summed E-state index contributed by atoms with van der Waals surface area (Å²) in [6.07, 6.45) is 1.66. The van der Waals surface area contributed by atoms with Gasteiger partial charge in [0.05, 0.1) is 11.7 Å². The summed E-state index contributed by atoms with van der Waals surface area (Å²) < 4.78 is 2.42. The molecular formula is C11H10BrN3O3. The number of carbonyl (C=O) groups is 2. The lowest BCUT2D eigenvalue weighted by Gasteiger charge is -2.04. The summed E-state index contributed by atoms with van der Waals surface area (Å²) in [4.78, 5) is 21.8. The van der Waals surface area contributed by atoms with Gasteiger partial charge in [0, 0.05) is 9.86 Å². The Balaban J connectivity index is 2.14. The van der Waals surface area contributed by atoms with Crippen LogP contribution in [-0.4, -0.2) is 33.3 Å². The van der Waals surface area contributed by atoms with Crippen LogP contribution in [0.2, 0.25) is 0 Å². The maximum atomic E-state index is 11.5. The minimum absolute atomic E-state index is 0.00671. The monoisotopic (exact) mass is 311 g/mol. The molecule has 0 radical (unpaired) electrons. The molecule has 1 amide bonds. The van der Waals surface area contributed by atoms with E-state index < -0.39 is 5.97 Å². The highest BCUT2D eigenvalue weighted by Gasteiger charge is 2.08. The van der Waals surface area contributed by atoms with Crippen LogP contribution in [-0.2, 0) is 16.1 Å². The van der Waals surface area contributed by atoms with Crippen LogP contribution in [0.5, 0.6) is 0 Å². The van der Waals surface area contributed by atoms with E-state index in [1.54, 1.807) is 6.20 Å². The molecule has 0 unspecified atom stereocenters. The van der Waals surface area contributed by atoms with Crippen LogP contribution in [0.15, 0.2) is 28.9 Å². The van der Waals surface area contributed by atoms with Crippen LogP contribution in [0.25, 0.3) is 10.9 Å². The number of rotatable bonds is 4. The molecule has 18 heavy (non-hydrogen) atoms. The third kappa shape index (κ3) is 2.86. The molecule has 2 aromatic rings. The molecule has 2 N–H and O–H groups in total. The number of amides is 1. The number of aromatic nitrogens is 2. The maximum Gasteiger partial charge on any atom is 0.322 e. The van der Waals surface area contributed by atoms with Gasteiger partial charge in [-0.1, -0.05) is 22.0 Å². The minimum atomic E-state index is -1.07. The highest BCUT2D eigenvalue weighted by Crippen LogP contribution is 2.19. The third-order valence-corrected chi connectivity index (χ3v) is 2.83. The predicted octanol–water partition coefficient (Wildman–Crippen LogP) is 1.000. The SMILES string of the molecule is O=C(O)CNC(=O)Cn1ncc2ccc(Br)cc21. The van der Waals surface area contributed by atoms with Crippen molar-refractivity contribution in [3.8, 4) is 0 Å². The summed E-state index contributed by atoms with van der Waals surface area (Å²) in [6, 6.07) is 5.63. The number of fused-ring (bicyclic) bond motifs is 1. The van der Waals surface area contributed by atoms with Crippen LogP contribution in [0.1, 0.15) is 0 Å². The molecule has 1 heterocycles. The highest BCUT2D eigenvalue weighted by atomic mass is 79.9. The molecule has 0 saturated carbocycles. The van der Waals surface area contributed by atoms with Gasteiger partial charge in [-0.05, 0) is 12.1 Å². The lowest BCUT2D eigenvalue weighted by atomic mass is 10.2. The van der Waals surface area contributed by atoms with Gasteiger partial charge in [-0.15, -0.1) is 0 Å². The predicted molar refractivity (Wildman–Crippen MR) is 68.1 cm³/mol. The average molecular weight is 312 g/mol. The van der Waals surface area contributed by atoms with E-state index in [1.807, 2.05) is 18.2 Å². The van der Waals surface area contributed by atoms with Crippen LogP contribution in [0, 0.1) is 0 Å². The first-order valence-corrected chi connectivity index (χ1v) is 5.95. The Morgan fingerprint density at radius 3 is 2.94 bits per heavy atom. The van der Waals surface area contributed by atoms with Crippen molar-refractivity contribution in [2.75, 3.05) is 6.54 Å². The van der Waals surface area contributed by atoms with E-state index in [9.17, 15) is 9.59 Å². The van der Waals surface area contributed by atoms with E-state index in [-0.39, 0.29) is 19.0 Å². The molecule has 0 aliphatic carbocycles. The topological polar surface area (TPSA) is 84.2 Å². The fourth-order valence-corrected chi connectivity index (χ4v) is 1.88. The second kappa shape index (κ2) is 5.18. The molecule has 0 atom stereocenters. The van der Waals surface area contributed by atoms with Crippen LogP contribution in [0.4, 0.5) is 0 Å². The molecule has 0 bridgehead atoms. The Bertz CT molecular complexity index is 609. The zero-order valence-corrected chi connectivity index (χ0v) is 10.8. The van der Waals surface area contributed by atoms with Gasteiger partial charge in [0.2, 0.25) is 5.91 Å². The Hall–Kier alpha value is -1.89. The minimum Gasteiger partial charge on any atom is -0.480 e. The smallest absolute Gasteiger partial charge is 0.322 e. The molecule has 0 fully saturated rings. The highest BCUT2D eigenvalue weighted by molar-refractivity contribution is 9.10. The van der Waals surface area contributed by atoms with Crippen molar-refractivity contribution < 1.29 is 14.7 Å². The molecule has 0 spiro atoms. The van der Waals surface area contributed by atoms with Crippen LogP contribution < -0.4 is 5.32 Å². The van der Waals surface area contributed by atoms with Gasteiger partial charge in [0.1, 0.15) is 13.1 Å². The number of carboxylic acids is 1. The number of carbonyl (C=O) groups excluding carboxylic acids is 1. The number of nitrogens with zero attached hydrogens (tertiary/aromatic N) is 2. The Labute approximate surface area is 111 Å². The van der Waals surface area contributed by atoms with Crippen molar-refractivity contribution in [1.29, 1.82) is 0 Å². The Kier molecular flexibility index (Phi) is 3.61. The van der Waals surface area contributed by atoms with Gasteiger partial charge in [0.25, 0.3) is 0 Å². The Morgan fingerprint density at radius 1 is 1.44 bits per heavy atom. The van der Waals surface area contributed by atoms with Crippen molar-refractivity contribution in [2.24, 2.45) is 0 Å². The molecule has 6 nitrogen and oxygen atoms in total. The molecular weight excluding hydrogens is 302 g/mol. The number of nitrogens with one attached hydrogen (secondary N) is 1. The van der Waals surface area contributed by atoms with Crippen LogP contribution in [0.3, 0.4) is 0 Å². The average Bonchev–Trinajstić information content (AvgIpc) is 2.69. The lowest BCUT2D eigenvalue weighted by Crippen LogP contribution is -2.32. The van der Waals surface area contributed by atoms with Gasteiger partial charge < -0.3 is 10.4 Å². The summed E-state index contributed by atoms with van der Waals surface area (Å²) in [5, 5.41) is 15.8. The van der Waals surface area contributed by atoms with Gasteiger partial charge in [-0.2, -0.15) is 5.10 Å². The fourth-order valence-electron chi connectivity index (χ4n) is 1.54. The number of hydrogen-bond donors (Lipinski definition) is 2. The van der Waals surface area contributed by atoms with Gasteiger partial charge in [-0.3, -0.25) is 14.3 Å². The number of benzene rings is 1. The second-order valence-corrected chi connectivity index (χ2v) is 4.59. The molecule has 94 valence electrons. The van der Waals surface area contributed by atoms with Crippen molar-refractivity contribution in [1.82, 2.24) is 15.1 Å². The zero-order chi connectivity index (χ0) is 13.1. The second-order valence-electron chi connectivity index (χ2n) is 3.68. The molecule has 1 aromatic carbocycles. The number of carboxylic acid groups (broad SMARTS) is 1. The van der Waals surface area contributed by atoms with Gasteiger partial charge in [0.15, 0.2) is 0 Å². The molecule has 2 rings (SSSR count). The summed E-state index contributed by atoms with van der Waals surface area (Å²) in [6.45, 7) is -0.394. The van der Waals surface area contributed by atoms with Crippen molar-refractivity contribution in [3.63, 3.8) is 0 Å². The van der Waals surface area contributed by atoms with E-state index in [0.29, 0.717) is 0 Å². The molecule has 0 aliphatic rings. The maximum absolute atomic E-state index is 11.5. The van der Waals surface area contributed by atoms with Crippen molar-refractivity contribution >= 4 is 38.7 Å². The summed E-state index contributed by atoms with van der Waals surface area (Å²) in [7, 11) is 0. The summed E-state index contributed by atoms with van der Waals surface area (Å²) in [5.41, 5.74) is 0.815. The first-order chi connectivity index (χ1) is 8.56. The van der Waals surface area contributed by atoms with Gasteiger partial charge >= 0.3 is 5.97 Å². The fraction of sp³-hybridized carbons (Fsp3) is 0.182. The lowest BCUT2D eigenvalue weighted by molar-refractivity contribution is -0.138. The Morgan fingerprint density at radius 2 is 2.22 bits per heavy atom. The van der Waals surface area contributed by atoms with E-state index in [1.165, 1.54) is 4.68 Å². The molecule has 0 aliphatic heterocycles. The number of aliphatic carboxylic acids is 1. The quantitative estimate of drug-likeness (QED) is 0.882. The first-order valence-electron chi connectivity index (χ1n) is 5.16. The third-order valence-electron chi connectivity index (χ3n) is 2.34. The largest absolute Gasteiger partial charge is 0.480 e. The zero-order valence-electron chi connectivity index (χ0n) is 9.26. The van der Waals surface area contributed by atoms with E-state index in [2.05, 4.69) is 26.3 Å². The summed E-state index contributed by atoms with van der Waals surface area (Å²) >= 11 is 3.35. The molecule has 1 aromatic heterocycles.